The first kappa shape index (κ1) is 11.7. The van der Waals surface area contributed by atoms with Crippen molar-refractivity contribution in [2.75, 3.05) is 6.61 Å². The van der Waals surface area contributed by atoms with Gasteiger partial charge in [0.2, 0.25) is 0 Å². The van der Waals surface area contributed by atoms with E-state index in [0.717, 1.165) is 5.56 Å². The van der Waals surface area contributed by atoms with Crippen LogP contribution in [0.2, 0.25) is 0 Å². The second-order valence-corrected chi connectivity index (χ2v) is 3.44. The van der Waals surface area contributed by atoms with Gasteiger partial charge in [-0.15, -0.1) is 0 Å². The number of carboxylic acids is 1. The summed E-state index contributed by atoms with van der Waals surface area (Å²) in [7, 11) is 0. The minimum Gasteiger partial charge on any atom is -0.481 e. The Balaban J connectivity index is 2.30. The molecule has 1 N–H and O–H groups in total. The van der Waals surface area contributed by atoms with Crippen molar-refractivity contribution in [1.82, 2.24) is 0 Å². The van der Waals surface area contributed by atoms with E-state index in [4.69, 9.17) is 9.84 Å². The first-order chi connectivity index (χ1) is 7.24. The zero-order valence-corrected chi connectivity index (χ0v) is 8.85. The summed E-state index contributed by atoms with van der Waals surface area (Å²) in [5, 5.41) is 8.79. The van der Waals surface area contributed by atoms with Crippen molar-refractivity contribution >= 4 is 5.97 Å². The molecule has 0 saturated carbocycles. The van der Waals surface area contributed by atoms with Crippen molar-refractivity contribution in [3.05, 3.63) is 35.9 Å². The lowest BCUT2D eigenvalue weighted by molar-refractivity contribution is -0.144. The third kappa shape index (κ3) is 4.13. The van der Waals surface area contributed by atoms with Gasteiger partial charge in [0.1, 0.15) is 0 Å². The van der Waals surface area contributed by atoms with Crippen LogP contribution in [0.25, 0.3) is 0 Å². The summed E-state index contributed by atoms with van der Waals surface area (Å²) in [5.41, 5.74) is 1.07. The van der Waals surface area contributed by atoms with Crippen molar-refractivity contribution in [3.63, 3.8) is 0 Å². The number of hydrogen-bond donors (Lipinski definition) is 1. The number of ether oxygens (including phenoxy) is 1. The van der Waals surface area contributed by atoms with Crippen LogP contribution < -0.4 is 0 Å². The van der Waals surface area contributed by atoms with E-state index in [1.54, 1.807) is 0 Å². The summed E-state index contributed by atoms with van der Waals surface area (Å²) in [6, 6.07) is 9.74. The molecule has 1 atom stereocenters. The van der Waals surface area contributed by atoms with Gasteiger partial charge in [-0.05, 0) is 12.0 Å². The molecule has 0 bridgehead atoms. The molecule has 15 heavy (non-hydrogen) atoms. The highest BCUT2D eigenvalue weighted by Crippen LogP contribution is 2.06. The molecule has 1 aromatic rings. The van der Waals surface area contributed by atoms with Crippen LogP contribution in [0.1, 0.15) is 18.9 Å². The molecule has 1 rings (SSSR count). The van der Waals surface area contributed by atoms with Crippen molar-refractivity contribution < 1.29 is 14.6 Å². The third-order valence-corrected chi connectivity index (χ3v) is 2.27. The Kier molecular flexibility index (Phi) is 4.84. The molecule has 0 aromatic heterocycles. The molecule has 3 nitrogen and oxygen atoms in total. The largest absolute Gasteiger partial charge is 0.481 e. The van der Waals surface area contributed by atoms with Crippen LogP contribution >= 0.6 is 0 Å². The number of hydrogen-bond acceptors (Lipinski definition) is 2. The van der Waals surface area contributed by atoms with Crippen molar-refractivity contribution in [1.29, 1.82) is 0 Å². The van der Waals surface area contributed by atoms with Gasteiger partial charge in [-0.1, -0.05) is 37.3 Å². The van der Waals surface area contributed by atoms with Gasteiger partial charge >= 0.3 is 5.97 Å². The number of carbonyl (C=O) groups is 1. The van der Waals surface area contributed by atoms with Crippen LogP contribution in [0.4, 0.5) is 0 Å². The highest BCUT2D eigenvalue weighted by Gasteiger charge is 2.14. The van der Waals surface area contributed by atoms with E-state index in [1.807, 2.05) is 37.3 Å². The smallest absolute Gasteiger partial charge is 0.308 e. The highest BCUT2D eigenvalue weighted by molar-refractivity contribution is 5.69. The van der Waals surface area contributed by atoms with E-state index < -0.39 is 11.9 Å². The molecule has 0 aliphatic rings. The van der Waals surface area contributed by atoms with Crippen LogP contribution in [-0.2, 0) is 16.1 Å². The standard InChI is InChI=1S/C12H16O3/c1-2-11(12(13)14)9-15-8-10-6-4-3-5-7-10/h3-7,11H,2,8-9H2,1H3,(H,13,14)/t11-/m1/s1. The molecule has 1 aromatic carbocycles. The summed E-state index contributed by atoms with van der Waals surface area (Å²) in [5.74, 6) is -1.18. The van der Waals surface area contributed by atoms with Gasteiger partial charge in [0, 0.05) is 0 Å². The molecular weight excluding hydrogens is 192 g/mol. The van der Waals surface area contributed by atoms with Gasteiger partial charge in [-0.25, -0.2) is 0 Å². The van der Waals surface area contributed by atoms with Gasteiger partial charge in [0.25, 0.3) is 0 Å². The minimum absolute atomic E-state index is 0.278. The predicted molar refractivity (Wildman–Crippen MR) is 57.5 cm³/mol. The summed E-state index contributed by atoms with van der Waals surface area (Å²) >= 11 is 0. The highest BCUT2D eigenvalue weighted by atomic mass is 16.5. The molecule has 0 spiro atoms. The Morgan fingerprint density at radius 1 is 1.40 bits per heavy atom. The lowest BCUT2D eigenvalue weighted by Gasteiger charge is -2.10. The lowest BCUT2D eigenvalue weighted by Crippen LogP contribution is -2.18. The molecule has 0 radical (unpaired) electrons. The maximum atomic E-state index is 10.7. The van der Waals surface area contributed by atoms with Crippen LogP contribution in [0, 0.1) is 5.92 Å². The summed E-state index contributed by atoms with van der Waals surface area (Å²) in [6.07, 6.45) is 0.601. The summed E-state index contributed by atoms with van der Waals surface area (Å²) in [4.78, 5) is 10.7. The SMILES string of the molecule is CC[C@H](COCc1ccccc1)C(=O)O. The molecular formula is C12H16O3. The fourth-order valence-corrected chi connectivity index (χ4v) is 1.26. The molecule has 0 fully saturated rings. The second-order valence-electron chi connectivity index (χ2n) is 3.44. The third-order valence-electron chi connectivity index (χ3n) is 2.27. The summed E-state index contributed by atoms with van der Waals surface area (Å²) < 4.78 is 5.35. The normalized spacial score (nSPS) is 12.3. The molecule has 0 amide bonds. The number of aliphatic carboxylic acids is 1. The molecule has 0 unspecified atom stereocenters. The Labute approximate surface area is 89.7 Å². The Bertz CT molecular complexity index is 295. The van der Waals surface area contributed by atoms with Crippen molar-refractivity contribution in [2.45, 2.75) is 20.0 Å². The minimum atomic E-state index is -0.787. The Hall–Kier alpha value is -1.35. The first-order valence-electron chi connectivity index (χ1n) is 5.08. The van der Waals surface area contributed by atoms with Gasteiger partial charge in [-0.2, -0.15) is 0 Å². The average Bonchev–Trinajstić information content (AvgIpc) is 2.25. The van der Waals surface area contributed by atoms with Gasteiger partial charge < -0.3 is 9.84 Å². The molecule has 0 aliphatic carbocycles. The fourth-order valence-electron chi connectivity index (χ4n) is 1.26. The van der Waals surface area contributed by atoms with Gasteiger partial charge in [-0.3, -0.25) is 4.79 Å². The molecule has 0 saturated heterocycles. The monoisotopic (exact) mass is 208 g/mol. The van der Waals surface area contributed by atoms with Crippen LogP contribution in [0.5, 0.6) is 0 Å². The lowest BCUT2D eigenvalue weighted by atomic mass is 10.1. The molecule has 0 heterocycles. The maximum absolute atomic E-state index is 10.7. The fraction of sp³-hybridized carbons (Fsp3) is 0.417. The van der Waals surface area contributed by atoms with E-state index in [0.29, 0.717) is 13.0 Å². The predicted octanol–water partition coefficient (Wildman–Crippen LogP) is 2.31. The molecule has 3 heteroatoms. The van der Waals surface area contributed by atoms with Crippen LogP contribution in [0.3, 0.4) is 0 Å². The van der Waals surface area contributed by atoms with E-state index in [1.165, 1.54) is 0 Å². The van der Waals surface area contributed by atoms with Crippen molar-refractivity contribution in [3.8, 4) is 0 Å². The topological polar surface area (TPSA) is 46.5 Å². The first-order valence-corrected chi connectivity index (χ1v) is 5.08. The number of benzene rings is 1. The van der Waals surface area contributed by atoms with Crippen LogP contribution in [-0.4, -0.2) is 17.7 Å². The number of carboxylic acid groups (broad SMARTS) is 1. The van der Waals surface area contributed by atoms with Crippen molar-refractivity contribution in [2.24, 2.45) is 5.92 Å². The average molecular weight is 208 g/mol. The number of rotatable bonds is 6. The molecule has 0 aliphatic heterocycles. The maximum Gasteiger partial charge on any atom is 0.308 e. The van der Waals surface area contributed by atoms with Crippen LogP contribution in [0.15, 0.2) is 30.3 Å². The quantitative estimate of drug-likeness (QED) is 0.780. The van der Waals surface area contributed by atoms with Gasteiger partial charge in [0.05, 0.1) is 19.1 Å². The second kappa shape index (κ2) is 6.19. The zero-order valence-electron chi connectivity index (χ0n) is 8.85. The van der Waals surface area contributed by atoms with E-state index in [9.17, 15) is 4.79 Å². The Morgan fingerprint density at radius 2 is 2.07 bits per heavy atom. The van der Waals surface area contributed by atoms with E-state index in [2.05, 4.69) is 0 Å². The van der Waals surface area contributed by atoms with Gasteiger partial charge in [0.15, 0.2) is 0 Å². The van der Waals surface area contributed by atoms with E-state index >= 15 is 0 Å². The Morgan fingerprint density at radius 3 is 2.60 bits per heavy atom. The zero-order chi connectivity index (χ0) is 11.1. The molecule has 82 valence electrons. The summed E-state index contributed by atoms with van der Waals surface area (Å²) in [6.45, 7) is 2.61. The van der Waals surface area contributed by atoms with E-state index in [-0.39, 0.29) is 6.61 Å².